The molecule has 5 heteroatoms. The van der Waals surface area contributed by atoms with Crippen molar-refractivity contribution in [2.45, 2.75) is 57.2 Å². The van der Waals surface area contributed by atoms with Crippen LogP contribution in [0.4, 0.5) is 0 Å². The molecule has 27 heavy (non-hydrogen) atoms. The Bertz CT molecular complexity index is 665. The van der Waals surface area contributed by atoms with Crippen LogP contribution < -0.4 is 0 Å². The van der Waals surface area contributed by atoms with Gasteiger partial charge < -0.3 is 14.4 Å². The van der Waals surface area contributed by atoms with E-state index in [1.165, 1.54) is 0 Å². The lowest BCUT2D eigenvalue weighted by Gasteiger charge is -2.42. The second-order valence-electron chi connectivity index (χ2n) is 7.97. The zero-order valence-corrected chi connectivity index (χ0v) is 16.1. The molecular weight excluding hydrogens is 340 g/mol. The first-order valence-corrected chi connectivity index (χ1v) is 10.4. The number of hydrogen-bond donors (Lipinski definition) is 0. The number of likely N-dealkylation sites (tertiary alicyclic amines) is 1. The SMILES string of the molecule is O=C(C1=CCCC1)N1CCC2(CC1)OCCC2CCOCc1ccccn1. The van der Waals surface area contributed by atoms with Crippen molar-refractivity contribution in [3.63, 3.8) is 0 Å². The fraction of sp³-hybridized carbons (Fsp3) is 0.636. The van der Waals surface area contributed by atoms with Gasteiger partial charge in [-0.3, -0.25) is 9.78 Å². The summed E-state index contributed by atoms with van der Waals surface area (Å²) < 4.78 is 12.1. The number of piperidine rings is 1. The smallest absolute Gasteiger partial charge is 0.249 e. The van der Waals surface area contributed by atoms with Crippen LogP contribution in [0.2, 0.25) is 0 Å². The minimum absolute atomic E-state index is 0.0464. The lowest BCUT2D eigenvalue weighted by atomic mass is 9.78. The molecule has 1 unspecified atom stereocenters. The number of allylic oxidation sites excluding steroid dienone is 1. The molecule has 0 radical (unpaired) electrons. The quantitative estimate of drug-likeness (QED) is 0.719. The van der Waals surface area contributed by atoms with E-state index in [4.69, 9.17) is 9.47 Å². The highest BCUT2D eigenvalue weighted by molar-refractivity contribution is 5.93. The first-order chi connectivity index (χ1) is 13.3. The van der Waals surface area contributed by atoms with E-state index in [1.54, 1.807) is 6.20 Å². The van der Waals surface area contributed by atoms with E-state index in [-0.39, 0.29) is 11.5 Å². The van der Waals surface area contributed by atoms with Crippen LogP contribution in [0.5, 0.6) is 0 Å². The van der Waals surface area contributed by atoms with Crippen molar-refractivity contribution >= 4 is 5.91 Å². The molecule has 0 N–H and O–H groups in total. The molecule has 0 bridgehead atoms. The van der Waals surface area contributed by atoms with Crippen LogP contribution in [0.25, 0.3) is 0 Å². The summed E-state index contributed by atoms with van der Waals surface area (Å²) in [5.74, 6) is 0.791. The van der Waals surface area contributed by atoms with Gasteiger partial charge in [-0.2, -0.15) is 0 Å². The van der Waals surface area contributed by atoms with Crippen molar-refractivity contribution in [3.8, 4) is 0 Å². The summed E-state index contributed by atoms with van der Waals surface area (Å²) in [6.07, 6.45) is 11.1. The molecule has 3 heterocycles. The van der Waals surface area contributed by atoms with Gasteiger partial charge in [-0.1, -0.05) is 12.1 Å². The summed E-state index contributed by atoms with van der Waals surface area (Å²) in [4.78, 5) is 19.0. The van der Waals surface area contributed by atoms with Crippen molar-refractivity contribution in [1.82, 2.24) is 9.88 Å². The molecule has 1 aromatic heterocycles. The van der Waals surface area contributed by atoms with Gasteiger partial charge in [-0.25, -0.2) is 0 Å². The fourth-order valence-electron chi connectivity index (χ4n) is 4.79. The highest BCUT2D eigenvalue weighted by Crippen LogP contribution is 2.42. The first kappa shape index (κ1) is 18.6. The lowest BCUT2D eigenvalue weighted by molar-refractivity contribution is -0.134. The van der Waals surface area contributed by atoms with Gasteiger partial charge in [-0.15, -0.1) is 0 Å². The maximum Gasteiger partial charge on any atom is 0.249 e. The summed E-state index contributed by atoms with van der Waals surface area (Å²) in [5.41, 5.74) is 1.95. The van der Waals surface area contributed by atoms with Gasteiger partial charge in [0.2, 0.25) is 5.91 Å². The maximum atomic E-state index is 12.6. The molecular formula is C22H30N2O3. The molecule has 2 fully saturated rings. The van der Waals surface area contributed by atoms with E-state index in [2.05, 4.69) is 11.1 Å². The van der Waals surface area contributed by atoms with E-state index in [0.717, 1.165) is 82.5 Å². The monoisotopic (exact) mass is 370 g/mol. The number of carbonyl (C=O) groups excluding carboxylic acids is 1. The molecule has 2 aliphatic heterocycles. The number of pyridine rings is 1. The predicted molar refractivity (Wildman–Crippen MR) is 103 cm³/mol. The number of hydrogen-bond acceptors (Lipinski definition) is 4. The number of carbonyl (C=O) groups is 1. The fourth-order valence-corrected chi connectivity index (χ4v) is 4.79. The minimum Gasteiger partial charge on any atom is -0.375 e. The highest BCUT2D eigenvalue weighted by Gasteiger charge is 2.46. The molecule has 5 nitrogen and oxygen atoms in total. The molecule has 4 rings (SSSR count). The van der Waals surface area contributed by atoms with E-state index < -0.39 is 0 Å². The first-order valence-electron chi connectivity index (χ1n) is 10.4. The number of aromatic nitrogens is 1. The van der Waals surface area contributed by atoms with Crippen molar-refractivity contribution < 1.29 is 14.3 Å². The minimum atomic E-state index is -0.0464. The number of ether oxygens (including phenoxy) is 2. The third-order valence-electron chi connectivity index (χ3n) is 6.40. The summed E-state index contributed by atoms with van der Waals surface area (Å²) in [6.45, 7) is 3.79. The molecule has 1 aliphatic carbocycles. The van der Waals surface area contributed by atoms with Gasteiger partial charge in [0, 0.05) is 38.1 Å². The Morgan fingerprint density at radius 1 is 1.33 bits per heavy atom. The molecule has 1 atom stereocenters. The molecule has 3 aliphatic rings. The Hall–Kier alpha value is -1.72. The van der Waals surface area contributed by atoms with Gasteiger partial charge in [0.05, 0.1) is 17.9 Å². The van der Waals surface area contributed by atoms with E-state index in [1.807, 2.05) is 23.1 Å². The topological polar surface area (TPSA) is 51.7 Å². The lowest BCUT2D eigenvalue weighted by Crippen LogP contribution is -2.49. The van der Waals surface area contributed by atoms with Crippen molar-refractivity contribution in [2.24, 2.45) is 5.92 Å². The Morgan fingerprint density at radius 3 is 2.96 bits per heavy atom. The Kier molecular flexibility index (Phi) is 5.89. The molecule has 1 spiro atoms. The predicted octanol–water partition coefficient (Wildman–Crippen LogP) is 3.50. The second kappa shape index (κ2) is 8.53. The van der Waals surface area contributed by atoms with Crippen LogP contribution >= 0.6 is 0 Å². The van der Waals surface area contributed by atoms with Crippen LogP contribution in [0.15, 0.2) is 36.0 Å². The van der Waals surface area contributed by atoms with Crippen LogP contribution in [-0.2, 0) is 20.9 Å². The largest absolute Gasteiger partial charge is 0.375 e. The van der Waals surface area contributed by atoms with E-state index >= 15 is 0 Å². The van der Waals surface area contributed by atoms with E-state index in [9.17, 15) is 4.79 Å². The molecule has 0 saturated carbocycles. The average Bonchev–Trinajstić information content (AvgIpc) is 3.37. The second-order valence-corrected chi connectivity index (χ2v) is 7.97. The summed E-state index contributed by atoms with van der Waals surface area (Å²) in [5, 5.41) is 0. The highest BCUT2D eigenvalue weighted by atomic mass is 16.5. The van der Waals surface area contributed by atoms with Crippen molar-refractivity contribution in [3.05, 3.63) is 41.7 Å². The van der Waals surface area contributed by atoms with Gasteiger partial charge in [0.15, 0.2) is 0 Å². The summed E-state index contributed by atoms with van der Waals surface area (Å²) >= 11 is 0. The standard InChI is InChI=1S/C22H30N2O3/c25-21(18-5-1-2-6-18)24-13-10-22(11-14-24)19(9-16-27-22)8-15-26-17-20-7-3-4-12-23-20/h3-5,7,12,19H,1-2,6,8-11,13-17H2. The third kappa shape index (κ3) is 4.25. The Balaban J connectivity index is 1.25. The molecule has 1 amide bonds. The normalized spacial score (nSPS) is 24.4. The molecule has 1 aromatic rings. The number of nitrogens with zero attached hydrogens (tertiary/aromatic N) is 2. The number of amides is 1. The van der Waals surface area contributed by atoms with Gasteiger partial charge in [0.1, 0.15) is 0 Å². The summed E-state index contributed by atoms with van der Waals surface area (Å²) in [7, 11) is 0. The average molecular weight is 370 g/mol. The molecule has 146 valence electrons. The summed E-state index contributed by atoms with van der Waals surface area (Å²) in [6, 6.07) is 5.90. The van der Waals surface area contributed by atoms with Crippen LogP contribution in [0, 0.1) is 5.92 Å². The maximum absolute atomic E-state index is 12.6. The zero-order valence-electron chi connectivity index (χ0n) is 16.1. The van der Waals surface area contributed by atoms with E-state index in [0.29, 0.717) is 12.5 Å². The van der Waals surface area contributed by atoms with Gasteiger partial charge in [-0.05, 0) is 63.0 Å². The van der Waals surface area contributed by atoms with Crippen molar-refractivity contribution in [2.75, 3.05) is 26.3 Å². The Morgan fingerprint density at radius 2 is 2.22 bits per heavy atom. The molecule has 2 saturated heterocycles. The van der Waals surface area contributed by atoms with Crippen LogP contribution in [-0.4, -0.2) is 47.7 Å². The molecule has 0 aromatic carbocycles. The van der Waals surface area contributed by atoms with Gasteiger partial charge >= 0.3 is 0 Å². The van der Waals surface area contributed by atoms with Crippen molar-refractivity contribution in [1.29, 1.82) is 0 Å². The van der Waals surface area contributed by atoms with Crippen LogP contribution in [0.1, 0.15) is 50.6 Å². The van der Waals surface area contributed by atoms with Gasteiger partial charge in [0.25, 0.3) is 0 Å². The third-order valence-corrected chi connectivity index (χ3v) is 6.40. The van der Waals surface area contributed by atoms with Crippen LogP contribution in [0.3, 0.4) is 0 Å². The number of rotatable bonds is 6. The Labute approximate surface area is 161 Å². The zero-order chi connectivity index (χ0) is 18.5.